The van der Waals surface area contributed by atoms with E-state index in [1.54, 1.807) is 6.07 Å². The van der Waals surface area contributed by atoms with Crippen molar-refractivity contribution >= 4 is 11.9 Å². The van der Waals surface area contributed by atoms with Crippen LogP contribution in [-0.2, 0) is 19.1 Å². The van der Waals surface area contributed by atoms with E-state index in [-0.39, 0.29) is 12.1 Å². The molecular weight excluding hydrogens is 334 g/mol. The lowest BCUT2D eigenvalue weighted by molar-refractivity contribution is -0.169. The molecule has 0 aliphatic heterocycles. The second-order valence-corrected chi connectivity index (χ2v) is 7.25. The summed E-state index contributed by atoms with van der Waals surface area (Å²) < 4.78 is 9.96. The molecule has 0 bridgehead atoms. The molecule has 1 aliphatic rings. The average molecular weight is 363 g/mol. The van der Waals surface area contributed by atoms with Crippen LogP contribution in [0.5, 0.6) is 0 Å². The number of ether oxygens (including phenoxy) is 2. The Hall–Kier alpha value is -1.92. The van der Waals surface area contributed by atoms with Crippen molar-refractivity contribution in [3.8, 4) is 0 Å². The molecule has 1 aliphatic carbocycles. The van der Waals surface area contributed by atoms with Crippen molar-refractivity contribution in [1.29, 1.82) is 0 Å². The van der Waals surface area contributed by atoms with Crippen LogP contribution in [0.25, 0.3) is 0 Å². The highest BCUT2D eigenvalue weighted by Gasteiger charge is 2.53. The molecule has 1 aromatic carbocycles. The van der Waals surface area contributed by atoms with E-state index in [4.69, 9.17) is 9.47 Å². The molecule has 6 heteroatoms. The van der Waals surface area contributed by atoms with Gasteiger partial charge in [0.05, 0.1) is 26.2 Å². The quantitative estimate of drug-likeness (QED) is 0.810. The minimum Gasteiger partial charge on any atom is -0.469 e. The number of benzene rings is 1. The summed E-state index contributed by atoms with van der Waals surface area (Å²) in [5, 5.41) is 10.9. The third kappa shape index (κ3) is 3.48. The minimum atomic E-state index is -1.12. The van der Waals surface area contributed by atoms with Crippen LogP contribution in [0.2, 0.25) is 0 Å². The van der Waals surface area contributed by atoms with Gasteiger partial charge in [0.1, 0.15) is 5.92 Å². The van der Waals surface area contributed by atoms with Gasteiger partial charge in [-0.3, -0.25) is 14.5 Å². The van der Waals surface area contributed by atoms with Gasteiger partial charge in [0.25, 0.3) is 0 Å². The number of aliphatic hydroxyl groups excluding tert-OH is 1. The van der Waals surface area contributed by atoms with Crippen LogP contribution in [0.4, 0.5) is 0 Å². The fourth-order valence-electron chi connectivity index (χ4n) is 4.24. The third-order valence-corrected chi connectivity index (χ3v) is 5.16. The zero-order valence-corrected chi connectivity index (χ0v) is 16.3. The Kier molecular flexibility index (Phi) is 6.42. The average Bonchev–Trinajstić information content (AvgIpc) is 2.61. The van der Waals surface area contributed by atoms with Gasteiger partial charge >= 0.3 is 11.9 Å². The highest BCUT2D eigenvalue weighted by atomic mass is 16.5. The van der Waals surface area contributed by atoms with Gasteiger partial charge in [0.2, 0.25) is 0 Å². The number of rotatable bonds is 5. The van der Waals surface area contributed by atoms with E-state index in [1.165, 1.54) is 14.2 Å². The second kappa shape index (κ2) is 8.18. The van der Waals surface area contributed by atoms with Crippen molar-refractivity contribution in [2.24, 2.45) is 11.8 Å². The Bertz CT molecular complexity index is 649. The van der Waals surface area contributed by atoms with Gasteiger partial charge in [-0.05, 0) is 38.8 Å². The van der Waals surface area contributed by atoms with Crippen LogP contribution in [0.15, 0.2) is 24.3 Å². The van der Waals surface area contributed by atoms with Gasteiger partial charge in [-0.2, -0.15) is 0 Å². The van der Waals surface area contributed by atoms with Crippen molar-refractivity contribution in [3.63, 3.8) is 0 Å². The lowest BCUT2D eigenvalue weighted by Crippen LogP contribution is -2.52. The smallest absolute Gasteiger partial charge is 0.312 e. The van der Waals surface area contributed by atoms with Crippen LogP contribution in [0.1, 0.15) is 51.0 Å². The topological polar surface area (TPSA) is 76.1 Å². The molecule has 0 radical (unpaired) electrons. The number of hydrogen-bond acceptors (Lipinski definition) is 6. The Labute approximate surface area is 155 Å². The summed E-state index contributed by atoms with van der Waals surface area (Å²) in [6.07, 6.45) is -1.12. The third-order valence-electron chi connectivity index (χ3n) is 5.16. The summed E-state index contributed by atoms with van der Waals surface area (Å²) in [6.45, 7) is 8.20. The van der Waals surface area contributed by atoms with E-state index in [0.29, 0.717) is 5.56 Å². The molecule has 26 heavy (non-hydrogen) atoms. The summed E-state index contributed by atoms with van der Waals surface area (Å²) in [5.41, 5.74) is 1.50. The van der Waals surface area contributed by atoms with Crippen LogP contribution in [-0.4, -0.2) is 48.2 Å². The number of fused-ring (bicyclic) bond motifs is 1. The molecule has 4 atom stereocenters. The van der Waals surface area contributed by atoms with Crippen LogP contribution >= 0.6 is 0 Å². The summed E-state index contributed by atoms with van der Waals surface area (Å²) in [4.78, 5) is 27.4. The molecule has 0 amide bonds. The molecule has 144 valence electrons. The standard InChI is InChI=1S/C20H29NO5/c1-11(2)21(12(3)4)17-13-9-7-8-10-14(13)18(22)16(20(24)26-6)15(17)19(23)25-5/h7-12,15-18,22H,1-6H3/t15-,16+,17-,18-/m0/s1. The molecule has 0 unspecified atom stereocenters. The van der Waals surface area contributed by atoms with Crippen molar-refractivity contribution in [3.05, 3.63) is 35.4 Å². The normalized spacial score (nSPS) is 25.3. The molecule has 6 nitrogen and oxygen atoms in total. The molecule has 0 spiro atoms. The lowest BCUT2D eigenvalue weighted by atomic mass is 9.69. The Balaban J connectivity index is 2.74. The van der Waals surface area contributed by atoms with Gasteiger partial charge in [0.15, 0.2) is 0 Å². The van der Waals surface area contributed by atoms with Crippen LogP contribution < -0.4 is 0 Å². The zero-order valence-electron chi connectivity index (χ0n) is 16.3. The maximum Gasteiger partial charge on any atom is 0.312 e. The molecule has 0 saturated carbocycles. The number of nitrogens with zero attached hydrogens (tertiary/aromatic N) is 1. The number of esters is 2. The first-order chi connectivity index (χ1) is 12.3. The van der Waals surface area contributed by atoms with E-state index in [0.717, 1.165) is 5.56 Å². The molecule has 1 aromatic rings. The van der Waals surface area contributed by atoms with Gasteiger partial charge in [-0.15, -0.1) is 0 Å². The molecule has 2 rings (SSSR count). The largest absolute Gasteiger partial charge is 0.469 e. The Morgan fingerprint density at radius 2 is 1.38 bits per heavy atom. The van der Waals surface area contributed by atoms with Crippen molar-refractivity contribution < 1.29 is 24.2 Å². The van der Waals surface area contributed by atoms with E-state index in [2.05, 4.69) is 32.6 Å². The second-order valence-electron chi connectivity index (χ2n) is 7.25. The first-order valence-corrected chi connectivity index (χ1v) is 8.96. The SMILES string of the molecule is COC(=O)[C@@H]1[C@H](C(=O)OC)[C@@H](N(C(C)C)C(C)C)c2ccccc2[C@@H]1O. The number of hydrogen-bond donors (Lipinski definition) is 1. The fourth-order valence-corrected chi connectivity index (χ4v) is 4.24. The van der Waals surface area contributed by atoms with E-state index in [9.17, 15) is 14.7 Å². The van der Waals surface area contributed by atoms with E-state index in [1.807, 2.05) is 18.2 Å². The van der Waals surface area contributed by atoms with Gasteiger partial charge in [-0.25, -0.2) is 0 Å². The Morgan fingerprint density at radius 3 is 1.85 bits per heavy atom. The number of carbonyl (C=O) groups excluding carboxylic acids is 2. The predicted molar refractivity (Wildman–Crippen MR) is 97.3 cm³/mol. The van der Waals surface area contributed by atoms with Crippen molar-refractivity contribution in [2.45, 2.75) is 51.9 Å². The summed E-state index contributed by atoms with van der Waals surface area (Å²) in [7, 11) is 2.57. The molecular formula is C20H29NO5. The summed E-state index contributed by atoms with van der Waals surface area (Å²) >= 11 is 0. The first kappa shape index (κ1) is 20.4. The highest BCUT2D eigenvalue weighted by molar-refractivity contribution is 5.84. The number of carbonyl (C=O) groups is 2. The van der Waals surface area contributed by atoms with E-state index < -0.39 is 35.9 Å². The van der Waals surface area contributed by atoms with Crippen LogP contribution in [0.3, 0.4) is 0 Å². The molecule has 0 saturated heterocycles. The molecule has 0 aromatic heterocycles. The number of methoxy groups -OCH3 is 2. The highest BCUT2D eigenvalue weighted by Crippen LogP contribution is 2.49. The van der Waals surface area contributed by atoms with Crippen LogP contribution in [0, 0.1) is 11.8 Å². The molecule has 1 N–H and O–H groups in total. The molecule has 0 heterocycles. The van der Waals surface area contributed by atoms with E-state index >= 15 is 0 Å². The lowest BCUT2D eigenvalue weighted by Gasteiger charge is -2.47. The zero-order chi connectivity index (χ0) is 19.6. The van der Waals surface area contributed by atoms with Gasteiger partial charge in [-0.1, -0.05) is 24.3 Å². The predicted octanol–water partition coefficient (Wildman–Crippen LogP) is 2.47. The van der Waals surface area contributed by atoms with Gasteiger partial charge in [0, 0.05) is 18.1 Å². The fraction of sp³-hybridized carbons (Fsp3) is 0.600. The van der Waals surface area contributed by atoms with Crippen molar-refractivity contribution in [2.75, 3.05) is 14.2 Å². The minimum absolute atomic E-state index is 0.119. The molecule has 0 fully saturated rings. The maximum absolute atomic E-state index is 12.7. The Morgan fingerprint density at radius 1 is 0.923 bits per heavy atom. The monoisotopic (exact) mass is 363 g/mol. The number of aliphatic hydroxyl groups is 1. The maximum atomic E-state index is 12.7. The first-order valence-electron chi connectivity index (χ1n) is 8.96. The van der Waals surface area contributed by atoms with Gasteiger partial charge < -0.3 is 14.6 Å². The summed E-state index contributed by atoms with van der Waals surface area (Å²) in [6, 6.07) is 7.25. The van der Waals surface area contributed by atoms with Crippen molar-refractivity contribution in [1.82, 2.24) is 4.90 Å². The summed E-state index contributed by atoms with van der Waals surface area (Å²) in [5.74, 6) is -3.01.